The minimum atomic E-state index is -1.54. The van der Waals surface area contributed by atoms with Crippen molar-refractivity contribution in [2.24, 2.45) is 0 Å². The zero-order valence-electron chi connectivity index (χ0n) is 15.8. The highest BCUT2D eigenvalue weighted by molar-refractivity contribution is 5.73. The maximum Gasteiger partial charge on any atom is 0.310 e. The van der Waals surface area contributed by atoms with Crippen LogP contribution in [0.25, 0.3) is 0 Å². The van der Waals surface area contributed by atoms with Crippen LogP contribution >= 0.6 is 0 Å². The quantitative estimate of drug-likeness (QED) is 0.175. The number of aliphatic hydroxyl groups is 4. The summed E-state index contributed by atoms with van der Waals surface area (Å²) in [6, 6.07) is 3.81. The molecule has 0 saturated carbocycles. The SMILES string of the molecule is CC(=CCO)COC1OC(CO)C(O)C(OC(=O)Cc2ccc(O)c(O)c2)C1O. The molecule has 1 aromatic carbocycles. The summed E-state index contributed by atoms with van der Waals surface area (Å²) in [5.74, 6) is -1.55. The second kappa shape index (κ2) is 10.5. The summed E-state index contributed by atoms with van der Waals surface area (Å²) >= 11 is 0. The molecule has 162 valence electrons. The molecule has 5 atom stereocenters. The van der Waals surface area contributed by atoms with Crippen molar-refractivity contribution in [3.8, 4) is 11.5 Å². The van der Waals surface area contributed by atoms with Crippen LogP contribution in [-0.4, -0.2) is 87.1 Å². The zero-order chi connectivity index (χ0) is 21.6. The van der Waals surface area contributed by atoms with Crippen LogP contribution in [-0.2, 0) is 25.4 Å². The van der Waals surface area contributed by atoms with E-state index in [2.05, 4.69) is 0 Å². The first-order valence-electron chi connectivity index (χ1n) is 8.97. The summed E-state index contributed by atoms with van der Waals surface area (Å²) in [7, 11) is 0. The number of esters is 1. The molecule has 0 radical (unpaired) electrons. The average molecular weight is 414 g/mol. The Hall–Kier alpha value is -2.21. The molecular formula is C19H26O10. The highest BCUT2D eigenvalue weighted by atomic mass is 16.7. The maximum absolute atomic E-state index is 12.3. The van der Waals surface area contributed by atoms with Crippen molar-refractivity contribution in [3.05, 3.63) is 35.4 Å². The Bertz CT molecular complexity index is 719. The van der Waals surface area contributed by atoms with E-state index in [4.69, 9.17) is 19.3 Å². The fourth-order valence-corrected chi connectivity index (χ4v) is 2.80. The number of phenols is 2. The lowest BCUT2D eigenvalue weighted by molar-refractivity contribution is -0.301. The first-order valence-corrected chi connectivity index (χ1v) is 8.97. The van der Waals surface area contributed by atoms with Crippen LogP contribution in [0, 0.1) is 0 Å². The van der Waals surface area contributed by atoms with Gasteiger partial charge in [-0.3, -0.25) is 4.79 Å². The predicted molar refractivity (Wildman–Crippen MR) is 97.9 cm³/mol. The molecule has 1 heterocycles. The van der Waals surface area contributed by atoms with E-state index < -0.39 is 49.0 Å². The number of carbonyl (C=O) groups excluding carboxylic acids is 1. The molecule has 10 nitrogen and oxygen atoms in total. The molecule has 0 amide bonds. The van der Waals surface area contributed by atoms with Crippen LogP contribution in [0.3, 0.4) is 0 Å². The van der Waals surface area contributed by atoms with Gasteiger partial charge >= 0.3 is 5.97 Å². The highest BCUT2D eigenvalue weighted by Crippen LogP contribution is 2.27. The minimum absolute atomic E-state index is 0.00395. The monoisotopic (exact) mass is 414 g/mol. The van der Waals surface area contributed by atoms with Crippen molar-refractivity contribution in [3.63, 3.8) is 0 Å². The van der Waals surface area contributed by atoms with Gasteiger partial charge in [0.25, 0.3) is 0 Å². The molecule has 0 aromatic heterocycles. The van der Waals surface area contributed by atoms with Crippen molar-refractivity contribution >= 4 is 5.97 Å². The Morgan fingerprint density at radius 1 is 1.17 bits per heavy atom. The van der Waals surface area contributed by atoms with Crippen LogP contribution in [0.2, 0.25) is 0 Å². The predicted octanol–water partition coefficient (Wildman–Crippen LogP) is -1.05. The number of aromatic hydroxyl groups is 2. The molecule has 0 spiro atoms. The van der Waals surface area contributed by atoms with E-state index in [-0.39, 0.29) is 25.4 Å². The summed E-state index contributed by atoms with van der Waals surface area (Å²) in [5.41, 5.74) is 1.01. The molecule has 1 saturated heterocycles. The topological polar surface area (TPSA) is 166 Å². The van der Waals surface area contributed by atoms with E-state index in [9.17, 15) is 30.3 Å². The van der Waals surface area contributed by atoms with Gasteiger partial charge in [0.15, 0.2) is 23.9 Å². The summed E-state index contributed by atoms with van der Waals surface area (Å²) in [5, 5.41) is 57.8. The van der Waals surface area contributed by atoms with Gasteiger partial charge < -0.3 is 44.8 Å². The van der Waals surface area contributed by atoms with Crippen LogP contribution in [0.4, 0.5) is 0 Å². The van der Waals surface area contributed by atoms with Gasteiger partial charge in [-0.05, 0) is 30.2 Å². The summed E-state index contributed by atoms with van der Waals surface area (Å²) in [6.45, 7) is 0.908. The van der Waals surface area contributed by atoms with Gasteiger partial charge in [-0.1, -0.05) is 12.1 Å². The summed E-state index contributed by atoms with van der Waals surface area (Å²) in [6.07, 6.45) is -5.69. The van der Waals surface area contributed by atoms with E-state index in [1.807, 2.05) is 0 Å². The molecule has 6 N–H and O–H groups in total. The van der Waals surface area contributed by atoms with Gasteiger partial charge in [0.05, 0.1) is 26.2 Å². The third kappa shape index (κ3) is 6.13. The molecule has 10 heteroatoms. The molecule has 0 bridgehead atoms. The van der Waals surface area contributed by atoms with Crippen LogP contribution in [0.15, 0.2) is 29.8 Å². The first kappa shape index (κ1) is 23.1. The van der Waals surface area contributed by atoms with Crippen LogP contribution in [0.1, 0.15) is 12.5 Å². The van der Waals surface area contributed by atoms with Crippen molar-refractivity contribution < 1.29 is 49.6 Å². The minimum Gasteiger partial charge on any atom is -0.504 e. The van der Waals surface area contributed by atoms with Crippen molar-refractivity contribution in [2.75, 3.05) is 19.8 Å². The van der Waals surface area contributed by atoms with Gasteiger partial charge in [-0.15, -0.1) is 0 Å². The molecule has 1 aliphatic heterocycles. The Morgan fingerprint density at radius 2 is 1.90 bits per heavy atom. The number of hydrogen-bond acceptors (Lipinski definition) is 10. The van der Waals surface area contributed by atoms with Crippen molar-refractivity contribution in [1.29, 1.82) is 0 Å². The molecule has 2 rings (SSSR count). The molecule has 0 aliphatic carbocycles. The number of aliphatic hydroxyl groups excluding tert-OH is 4. The van der Waals surface area contributed by atoms with E-state index in [1.54, 1.807) is 6.92 Å². The summed E-state index contributed by atoms with van der Waals surface area (Å²) < 4.78 is 16.0. The van der Waals surface area contributed by atoms with Gasteiger partial charge in [-0.25, -0.2) is 0 Å². The average Bonchev–Trinajstić information content (AvgIpc) is 2.67. The molecule has 1 fully saturated rings. The van der Waals surface area contributed by atoms with Crippen molar-refractivity contribution in [2.45, 2.75) is 44.1 Å². The van der Waals surface area contributed by atoms with Gasteiger partial charge in [0.1, 0.15) is 18.3 Å². The highest BCUT2D eigenvalue weighted by Gasteiger charge is 2.47. The largest absolute Gasteiger partial charge is 0.504 e. The Balaban J connectivity index is 2.05. The van der Waals surface area contributed by atoms with Gasteiger partial charge in [-0.2, -0.15) is 0 Å². The molecule has 29 heavy (non-hydrogen) atoms. The second-order valence-corrected chi connectivity index (χ2v) is 6.71. The number of carbonyl (C=O) groups is 1. The molecule has 1 aromatic rings. The lowest BCUT2D eigenvalue weighted by atomic mass is 9.99. The third-order valence-electron chi connectivity index (χ3n) is 4.39. The number of benzene rings is 1. The summed E-state index contributed by atoms with van der Waals surface area (Å²) in [4.78, 5) is 12.3. The van der Waals surface area contributed by atoms with Gasteiger partial charge in [0.2, 0.25) is 0 Å². The fourth-order valence-electron chi connectivity index (χ4n) is 2.80. The number of hydrogen-bond donors (Lipinski definition) is 6. The van der Waals surface area contributed by atoms with E-state index >= 15 is 0 Å². The normalized spacial score (nSPS) is 27.6. The Labute approximate surface area is 167 Å². The fraction of sp³-hybridized carbons (Fsp3) is 0.526. The molecule has 1 aliphatic rings. The smallest absolute Gasteiger partial charge is 0.310 e. The standard InChI is InChI=1S/C19H26O10/c1-10(4-5-20)9-27-19-17(26)18(16(25)14(8-21)28-19)29-15(24)7-11-2-3-12(22)13(23)6-11/h2-4,6,14,16-23,25-26H,5,7-9H2,1H3. The van der Waals surface area contributed by atoms with Crippen LogP contribution in [0.5, 0.6) is 11.5 Å². The Kier molecular flexibility index (Phi) is 8.38. The van der Waals surface area contributed by atoms with Crippen molar-refractivity contribution in [1.82, 2.24) is 0 Å². The molecular weight excluding hydrogens is 388 g/mol. The number of ether oxygens (including phenoxy) is 3. The number of phenolic OH excluding ortho intramolecular Hbond substituents is 2. The van der Waals surface area contributed by atoms with Crippen LogP contribution < -0.4 is 0 Å². The van der Waals surface area contributed by atoms with E-state index in [0.29, 0.717) is 11.1 Å². The lowest BCUT2D eigenvalue weighted by Gasteiger charge is -2.41. The van der Waals surface area contributed by atoms with Gasteiger partial charge in [0, 0.05) is 0 Å². The first-order chi connectivity index (χ1) is 13.8. The molecule has 5 unspecified atom stereocenters. The van der Waals surface area contributed by atoms with E-state index in [1.165, 1.54) is 24.3 Å². The zero-order valence-corrected chi connectivity index (χ0v) is 15.8. The second-order valence-electron chi connectivity index (χ2n) is 6.71. The Morgan fingerprint density at radius 3 is 2.52 bits per heavy atom. The maximum atomic E-state index is 12.3. The third-order valence-corrected chi connectivity index (χ3v) is 4.39. The number of rotatable bonds is 8. The lowest BCUT2D eigenvalue weighted by Crippen LogP contribution is -2.60. The van der Waals surface area contributed by atoms with E-state index in [0.717, 1.165) is 0 Å².